The summed E-state index contributed by atoms with van der Waals surface area (Å²) in [6.45, 7) is 5.44. The van der Waals surface area contributed by atoms with E-state index in [2.05, 4.69) is 0 Å². The molecule has 0 aliphatic carbocycles. The average molecular weight is 405 g/mol. The molecule has 1 heterocycles. The van der Waals surface area contributed by atoms with Crippen LogP contribution in [-0.4, -0.2) is 34.5 Å². The van der Waals surface area contributed by atoms with Crippen LogP contribution in [0.3, 0.4) is 0 Å². The highest BCUT2D eigenvalue weighted by molar-refractivity contribution is 5.94. The molecule has 8 heteroatoms. The van der Waals surface area contributed by atoms with E-state index in [1.54, 1.807) is 6.07 Å². The van der Waals surface area contributed by atoms with E-state index in [0.717, 1.165) is 22.2 Å². The predicted octanol–water partition coefficient (Wildman–Crippen LogP) is 4.73. The fraction of sp³-hybridized carbons (Fsp3) is 0.333. The number of alkyl halides is 3. The van der Waals surface area contributed by atoms with Crippen molar-refractivity contribution in [3.8, 4) is 17.0 Å². The van der Waals surface area contributed by atoms with Crippen LogP contribution >= 0.6 is 0 Å². The van der Waals surface area contributed by atoms with Crippen molar-refractivity contribution in [1.82, 2.24) is 15.1 Å². The SMILES string of the molecule is CC(COc1ccc2c(c1)c(-c1ccccc1)nn2C(C)C)NC(=O)C(F)(F)F. The van der Waals surface area contributed by atoms with Crippen molar-refractivity contribution >= 4 is 16.8 Å². The minimum Gasteiger partial charge on any atom is -0.491 e. The van der Waals surface area contributed by atoms with Gasteiger partial charge in [-0.15, -0.1) is 0 Å². The molecule has 3 aromatic rings. The molecule has 0 fully saturated rings. The maximum Gasteiger partial charge on any atom is 0.471 e. The first-order chi connectivity index (χ1) is 13.7. The van der Waals surface area contributed by atoms with Crippen LogP contribution in [0.5, 0.6) is 5.75 Å². The molecule has 0 bridgehead atoms. The Morgan fingerprint density at radius 1 is 1.14 bits per heavy atom. The van der Waals surface area contributed by atoms with Crippen LogP contribution in [0.25, 0.3) is 22.2 Å². The van der Waals surface area contributed by atoms with Gasteiger partial charge in [0, 0.05) is 17.0 Å². The van der Waals surface area contributed by atoms with E-state index in [-0.39, 0.29) is 12.6 Å². The van der Waals surface area contributed by atoms with Crippen LogP contribution in [-0.2, 0) is 4.79 Å². The second kappa shape index (κ2) is 8.14. The Labute approximate surface area is 166 Å². The van der Waals surface area contributed by atoms with E-state index < -0.39 is 18.1 Å². The number of benzene rings is 2. The topological polar surface area (TPSA) is 56.1 Å². The van der Waals surface area contributed by atoms with E-state index in [4.69, 9.17) is 9.84 Å². The van der Waals surface area contributed by atoms with Crippen LogP contribution in [0.4, 0.5) is 13.2 Å². The van der Waals surface area contributed by atoms with Crippen LogP contribution in [0.1, 0.15) is 26.8 Å². The second-order valence-corrected chi connectivity index (χ2v) is 7.12. The molecule has 3 rings (SSSR count). The summed E-state index contributed by atoms with van der Waals surface area (Å²) < 4.78 is 44.6. The molecular formula is C21H22F3N3O2. The lowest BCUT2D eigenvalue weighted by Gasteiger charge is -2.16. The molecule has 0 aliphatic heterocycles. The van der Waals surface area contributed by atoms with Gasteiger partial charge in [-0.3, -0.25) is 9.48 Å². The van der Waals surface area contributed by atoms with Gasteiger partial charge in [-0.1, -0.05) is 30.3 Å². The van der Waals surface area contributed by atoms with E-state index in [1.165, 1.54) is 6.92 Å². The van der Waals surface area contributed by atoms with Gasteiger partial charge in [0.2, 0.25) is 0 Å². The predicted molar refractivity (Wildman–Crippen MR) is 105 cm³/mol. The zero-order valence-electron chi connectivity index (χ0n) is 16.3. The molecule has 0 saturated heterocycles. The fourth-order valence-electron chi connectivity index (χ4n) is 2.98. The zero-order valence-corrected chi connectivity index (χ0v) is 16.3. The van der Waals surface area contributed by atoms with Crippen molar-refractivity contribution in [3.05, 3.63) is 48.5 Å². The normalized spacial score (nSPS) is 12.9. The van der Waals surface area contributed by atoms with Crippen LogP contribution in [0, 0.1) is 0 Å². The highest BCUT2D eigenvalue weighted by atomic mass is 19.4. The number of rotatable bonds is 6. The smallest absolute Gasteiger partial charge is 0.471 e. The summed E-state index contributed by atoms with van der Waals surface area (Å²) in [6, 6.07) is 14.5. The lowest BCUT2D eigenvalue weighted by Crippen LogP contribution is -2.44. The van der Waals surface area contributed by atoms with Gasteiger partial charge >= 0.3 is 12.1 Å². The van der Waals surface area contributed by atoms with Gasteiger partial charge < -0.3 is 10.1 Å². The number of halogens is 3. The first kappa shape index (κ1) is 20.7. The molecule has 154 valence electrons. The summed E-state index contributed by atoms with van der Waals surface area (Å²) >= 11 is 0. The number of hydrogen-bond donors (Lipinski definition) is 1. The van der Waals surface area contributed by atoms with Crippen molar-refractivity contribution in [3.63, 3.8) is 0 Å². The molecule has 29 heavy (non-hydrogen) atoms. The molecule has 1 amide bonds. The summed E-state index contributed by atoms with van der Waals surface area (Å²) in [5.74, 6) is -1.49. The Balaban J connectivity index is 1.85. The minimum atomic E-state index is -4.91. The van der Waals surface area contributed by atoms with Gasteiger partial charge in [-0.2, -0.15) is 18.3 Å². The Hall–Kier alpha value is -3.03. The van der Waals surface area contributed by atoms with Crippen molar-refractivity contribution in [2.24, 2.45) is 0 Å². The third-order valence-electron chi connectivity index (χ3n) is 4.35. The van der Waals surface area contributed by atoms with Gasteiger partial charge in [0.1, 0.15) is 18.1 Å². The van der Waals surface area contributed by atoms with E-state index in [1.807, 2.05) is 66.3 Å². The fourth-order valence-corrected chi connectivity index (χ4v) is 2.98. The maximum absolute atomic E-state index is 12.4. The molecule has 1 unspecified atom stereocenters. The quantitative estimate of drug-likeness (QED) is 0.645. The number of hydrogen-bond acceptors (Lipinski definition) is 3. The zero-order chi connectivity index (χ0) is 21.2. The molecule has 2 aromatic carbocycles. The van der Waals surface area contributed by atoms with Crippen molar-refractivity contribution < 1.29 is 22.7 Å². The molecule has 0 radical (unpaired) electrons. The van der Waals surface area contributed by atoms with Crippen molar-refractivity contribution in [1.29, 1.82) is 0 Å². The number of nitrogens with zero attached hydrogens (tertiary/aromatic N) is 2. The highest BCUT2D eigenvalue weighted by Gasteiger charge is 2.39. The van der Waals surface area contributed by atoms with Crippen LogP contribution in [0.2, 0.25) is 0 Å². The molecule has 1 aromatic heterocycles. The number of amides is 1. The Morgan fingerprint density at radius 3 is 2.45 bits per heavy atom. The summed E-state index contributed by atoms with van der Waals surface area (Å²) in [7, 11) is 0. The van der Waals surface area contributed by atoms with Crippen LogP contribution in [0.15, 0.2) is 48.5 Å². The summed E-state index contributed by atoms with van der Waals surface area (Å²) in [5.41, 5.74) is 2.70. The number of aromatic nitrogens is 2. The Kier molecular flexibility index (Phi) is 5.81. The molecule has 0 spiro atoms. The lowest BCUT2D eigenvalue weighted by molar-refractivity contribution is -0.174. The highest BCUT2D eigenvalue weighted by Crippen LogP contribution is 2.32. The van der Waals surface area contributed by atoms with Crippen molar-refractivity contribution in [2.45, 2.75) is 39.0 Å². The largest absolute Gasteiger partial charge is 0.491 e. The standard InChI is InChI=1S/C21H22F3N3O2/c1-13(2)27-18-10-9-16(29-12-14(3)25-20(28)21(22,23)24)11-17(18)19(26-27)15-7-5-4-6-8-15/h4-11,13-14H,12H2,1-3H3,(H,25,28). The first-order valence-electron chi connectivity index (χ1n) is 9.25. The minimum absolute atomic E-state index is 0.0910. The molecule has 1 atom stereocenters. The number of carbonyl (C=O) groups is 1. The third kappa shape index (κ3) is 4.70. The third-order valence-corrected chi connectivity index (χ3v) is 4.35. The first-order valence-corrected chi connectivity index (χ1v) is 9.25. The Morgan fingerprint density at radius 2 is 1.83 bits per heavy atom. The van der Waals surface area contributed by atoms with Gasteiger partial charge in [-0.05, 0) is 39.0 Å². The molecule has 0 aliphatic rings. The monoisotopic (exact) mass is 405 g/mol. The van der Waals surface area contributed by atoms with E-state index in [9.17, 15) is 18.0 Å². The van der Waals surface area contributed by atoms with E-state index >= 15 is 0 Å². The summed E-state index contributed by atoms with van der Waals surface area (Å²) in [4.78, 5) is 11.0. The average Bonchev–Trinajstić information content (AvgIpc) is 3.05. The van der Waals surface area contributed by atoms with E-state index in [0.29, 0.717) is 5.75 Å². The number of nitrogens with one attached hydrogen (secondary N) is 1. The molecule has 1 N–H and O–H groups in total. The number of carbonyl (C=O) groups excluding carboxylic acids is 1. The number of ether oxygens (including phenoxy) is 1. The molecular weight excluding hydrogens is 383 g/mol. The van der Waals surface area contributed by atoms with Gasteiger partial charge in [0.05, 0.1) is 11.6 Å². The summed E-state index contributed by atoms with van der Waals surface area (Å²) in [5, 5.41) is 7.50. The molecule has 0 saturated carbocycles. The Bertz CT molecular complexity index is 998. The lowest BCUT2D eigenvalue weighted by atomic mass is 10.1. The second-order valence-electron chi connectivity index (χ2n) is 7.12. The van der Waals surface area contributed by atoms with Gasteiger partial charge in [-0.25, -0.2) is 0 Å². The summed E-state index contributed by atoms with van der Waals surface area (Å²) in [6.07, 6.45) is -4.91. The maximum atomic E-state index is 12.4. The van der Waals surface area contributed by atoms with Crippen LogP contribution < -0.4 is 10.1 Å². The van der Waals surface area contributed by atoms with Gasteiger partial charge in [0.25, 0.3) is 0 Å². The van der Waals surface area contributed by atoms with Gasteiger partial charge in [0.15, 0.2) is 0 Å². The molecule has 5 nitrogen and oxygen atoms in total. The van der Waals surface area contributed by atoms with Crippen molar-refractivity contribution in [2.75, 3.05) is 6.61 Å². The number of fused-ring (bicyclic) bond motifs is 1.